The summed E-state index contributed by atoms with van der Waals surface area (Å²) >= 11 is 1.44. The Bertz CT molecular complexity index is 1420. The molecule has 3 heterocycles. The van der Waals surface area contributed by atoms with Crippen molar-refractivity contribution in [2.75, 3.05) is 30.4 Å². The van der Waals surface area contributed by atoms with Gasteiger partial charge in [-0.05, 0) is 12.1 Å². The maximum absolute atomic E-state index is 13.7. The fraction of sp³-hybridized carbons (Fsp3) is 0.333. The maximum atomic E-state index is 13.7. The first-order valence-corrected chi connectivity index (χ1v) is 14.4. The zero-order valence-electron chi connectivity index (χ0n) is 19.8. The van der Waals surface area contributed by atoms with Gasteiger partial charge >= 0.3 is 183 Å². The van der Waals surface area contributed by atoms with Crippen LogP contribution in [-0.2, 0) is 27.7 Å². The second-order valence-corrected chi connectivity index (χ2v) is 12.3. The molecule has 2 aliphatic heterocycles. The summed E-state index contributed by atoms with van der Waals surface area (Å²) in [6.45, 7) is 1.32. The topological polar surface area (TPSA) is 116 Å². The number of rotatable bonds is 6. The predicted octanol–water partition coefficient (Wildman–Crippen LogP) is 1.54. The van der Waals surface area contributed by atoms with E-state index < -0.39 is 26.6 Å². The Labute approximate surface area is 221 Å². The van der Waals surface area contributed by atoms with Crippen LogP contribution in [0.3, 0.4) is 0 Å². The van der Waals surface area contributed by atoms with E-state index in [1.807, 2.05) is 12.1 Å². The van der Waals surface area contributed by atoms with Crippen molar-refractivity contribution in [1.29, 1.82) is 0 Å². The van der Waals surface area contributed by atoms with Gasteiger partial charge in [0.1, 0.15) is 11.6 Å². The van der Waals surface area contributed by atoms with E-state index in [9.17, 15) is 22.0 Å². The van der Waals surface area contributed by atoms with Crippen LogP contribution in [0.4, 0.5) is 20.3 Å². The molecule has 1 aromatic heterocycles. The fourth-order valence-corrected chi connectivity index (χ4v) is 6.52. The Balaban J connectivity index is 1.37. The number of aromatic nitrogens is 2. The summed E-state index contributed by atoms with van der Waals surface area (Å²) in [6, 6.07) is 7.96. The first kappa shape index (κ1) is 25.8. The molecule has 37 heavy (non-hydrogen) atoms. The minimum absolute atomic E-state index is 0.0991. The molecule has 9 nitrogen and oxygen atoms in total. The van der Waals surface area contributed by atoms with Gasteiger partial charge < -0.3 is 0 Å². The molecule has 13 heteroatoms. The van der Waals surface area contributed by atoms with Crippen molar-refractivity contribution in [1.82, 2.24) is 14.5 Å². The number of hydrogen-bond acceptors (Lipinski definition) is 6. The monoisotopic (exact) mass is 593 g/mol. The first-order chi connectivity index (χ1) is 17.7. The first-order valence-electron chi connectivity index (χ1n) is 11.8. The standard InChI is InChI=1S/C24H26AsF2N5O4S/c25-14-1-2-19(22(9-14)28-17-4-7-36-8-5-17)24(33)29-23-20-13-32(6-3-21(20)30-31-23)37(34,35)18-11-15(26)10-16(27)12-18/h1-2,9-12,17,28H,3-8,13,25H2,(H2,29,30,31,33). The number of fused-ring (bicyclic) bond motifs is 1. The van der Waals surface area contributed by atoms with E-state index in [4.69, 9.17) is 4.74 Å². The van der Waals surface area contributed by atoms with Crippen LogP contribution in [0, 0.1) is 11.6 Å². The second-order valence-electron chi connectivity index (χ2n) is 9.01. The second kappa shape index (κ2) is 10.5. The number of hydrogen-bond donors (Lipinski definition) is 3. The minimum atomic E-state index is -4.17. The number of aromatic amines is 1. The van der Waals surface area contributed by atoms with Crippen LogP contribution in [-0.4, -0.2) is 71.5 Å². The molecule has 1 unspecified atom stereocenters. The zero-order valence-corrected chi connectivity index (χ0v) is 23.0. The van der Waals surface area contributed by atoms with Crippen molar-refractivity contribution >= 4 is 48.6 Å². The predicted molar refractivity (Wildman–Crippen MR) is 136 cm³/mol. The number of anilines is 2. The van der Waals surface area contributed by atoms with Gasteiger partial charge in [0.15, 0.2) is 0 Å². The Kier molecular flexibility index (Phi) is 7.35. The normalized spacial score (nSPS) is 16.8. The van der Waals surface area contributed by atoms with Crippen molar-refractivity contribution in [3.63, 3.8) is 0 Å². The van der Waals surface area contributed by atoms with E-state index >= 15 is 0 Å². The molecule has 2 aliphatic rings. The molecule has 0 aliphatic carbocycles. The Hall–Kier alpha value is -2.79. The van der Waals surface area contributed by atoms with Crippen LogP contribution < -0.4 is 15.0 Å². The van der Waals surface area contributed by atoms with Crippen LogP contribution in [0.25, 0.3) is 0 Å². The van der Waals surface area contributed by atoms with E-state index in [-0.39, 0.29) is 30.9 Å². The Morgan fingerprint density at radius 1 is 1.14 bits per heavy atom. The summed E-state index contributed by atoms with van der Waals surface area (Å²) in [6.07, 6.45) is 1.98. The third-order valence-corrected chi connectivity index (χ3v) is 9.05. The number of carbonyl (C=O) groups excluding carboxylic acids is 1. The van der Waals surface area contributed by atoms with Gasteiger partial charge in [-0.25, -0.2) is 8.78 Å². The van der Waals surface area contributed by atoms with Gasteiger partial charge in [-0.1, -0.05) is 0 Å². The van der Waals surface area contributed by atoms with Crippen molar-refractivity contribution in [3.8, 4) is 0 Å². The molecule has 3 aromatic rings. The van der Waals surface area contributed by atoms with Crippen molar-refractivity contribution < 1.29 is 26.7 Å². The number of carbonyl (C=O) groups is 1. The molecule has 196 valence electrons. The number of benzene rings is 2. The van der Waals surface area contributed by atoms with Crippen LogP contribution >= 0.6 is 0 Å². The Morgan fingerprint density at radius 3 is 2.59 bits per heavy atom. The Morgan fingerprint density at radius 2 is 1.86 bits per heavy atom. The number of nitrogens with one attached hydrogen (secondary N) is 3. The third kappa shape index (κ3) is 5.57. The van der Waals surface area contributed by atoms with Gasteiger partial charge in [0.2, 0.25) is 0 Å². The molecule has 0 spiro atoms. The molecular formula is C24H26AsF2N5O4S. The van der Waals surface area contributed by atoms with Gasteiger partial charge in [0.05, 0.1) is 0 Å². The van der Waals surface area contributed by atoms with Crippen molar-refractivity contribution in [2.24, 2.45) is 0 Å². The third-order valence-electron chi connectivity index (χ3n) is 6.47. The van der Waals surface area contributed by atoms with Gasteiger partial charge in [-0.2, -0.15) is 0 Å². The molecule has 0 bridgehead atoms. The molecule has 5 rings (SSSR count). The quantitative estimate of drug-likeness (QED) is 0.374. The molecule has 2 aromatic carbocycles. The van der Waals surface area contributed by atoms with E-state index in [1.165, 1.54) is 16.9 Å². The number of sulfonamides is 1. The summed E-state index contributed by atoms with van der Waals surface area (Å²) in [4.78, 5) is 12.8. The van der Waals surface area contributed by atoms with E-state index in [1.54, 1.807) is 6.07 Å². The molecule has 1 amide bonds. The van der Waals surface area contributed by atoms with E-state index in [0.29, 0.717) is 48.2 Å². The van der Waals surface area contributed by atoms with Crippen LogP contribution in [0.2, 0.25) is 0 Å². The van der Waals surface area contributed by atoms with Gasteiger partial charge in [-0.15, -0.1) is 0 Å². The van der Waals surface area contributed by atoms with Crippen molar-refractivity contribution in [2.45, 2.75) is 36.7 Å². The summed E-state index contributed by atoms with van der Waals surface area (Å²) in [5, 5.41) is 13.4. The summed E-state index contributed by atoms with van der Waals surface area (Å²) < 4.78 is 61.2. The average Bonchev–Trinajstić information content (AvgIpc) is 3.26. The number of H-pyrrole nitrogens is 1. The fourth-order valence-electron chi connectivity index (χ4n) is 4.52. The molecule has 1 atom stereocenters. The molecule has 1 fully saturated rings. The number of amides is 1. The average molecular weight is 593 g/mol. The number of halogens is 2. The van der Waals surface area contributed by atoms with Gasteiger partial charge in [0.25, 0.3) is 0 Å². The molecule has 1 saturated heterocycles. The summed E-state index contributed by atoms with van der Waals surface area (Å²) in [5.74, 6) is -2.12. The molecule has 0 radical (unpaired) electrons. The summed E-state index contributed by atoms with van der Waals surface area (Å²) in [5.41, 5.74) is 2.36. The summed E-state index contributed by atoms with van der Waals surface area (Å²) in [7, 11) is -4.17. The van der Waals surface area contributed by atoms with E-state index in [2.05, 4.69) is 20.8 Å². The van der Waals surface area contributed by atoms with E-state index in [0.717, 1.165) is 33.6 Å². The van der Waals surface area contributed by atoms with Gasteiger partial charge in [-0.3, -0.25) is 0 Å². The van der Waals surface area contributed by atoms with Gasteiger partial charge in [0, 0.05) is 6.07 Å². The molecule has 3 N–H and O–H groups in total. The van der Waals surface area contributed by atoms with Crippen molar-refractivity contribution in [3.05, 3.63) is 64.9 Å². The number of ether oxygens (including phenoxy) is 1. The van der Waals surface area contributed by atoms with Crippen LogP contribution in [0.5, 0.6) is 0 Å². The van der Waals surface area contributed by atoms with Crippen LogP contribution in [0.15, 0.2) is 41.3 Å². The van der Waals surface area contributed by atoms with Crippen LogP contribution in [0.1, 0.15) is 34.5 Å². The SMILES string of the molecule is O=C(Nc1n[nH]c2c1CN(S(=O)(=O)c1cc(F)cc(F)c1)CC2)c1ccc([AsH2])cc1NC1CCOCC1. The molecule has 0 saturated carbocycles. The molecular weight excluding hydrogens is 567 g/mol. The number of nitrogens with zero attached hydrogens (tertiary/aromatic N) is 2. The zero-order chi connectivity index (χ0) is 26.2.